The molecule has 1 aromatic heterocycles. The van der Waals surface area contributed by atoms with Crippen LogP contribution in [0.2, 0.25) is 0 Å². The maximum atomic E-state index is 16.5. The minimum Gasteiger partial charge on any atom is -0.481 e. The lowest BCUT2D eigenvalue weighted by Crippen LogP contribution is -2.48. The first kappa shape index (κ1) is 38.7. The van der Waals surface area contributed by atoms with Gasteiger partial charge in [-0.2, -0.15) is 13.2 Å². The number of carboxylic acid groups (broad SMARTS) is 1. The van der Waals surface area contributed by atoms with Crippen LogP contribution in [0.5, 0.6) is 0 Å². The van der Waals surface area contributed by atoms with Gasteiger partial charge < -0.3 is 19.9 Å². The number of hydrogen-bond donors (Lipinski definition) is 2. The highest BCUT2D eigenvalue weighted by molar-refractivity contribution is 5.82. The molecule has 0 radical (unpaired) electrons. The van der Waals surface area contributed by atoms with E-state index in [4.69, 9.17) is 6.42 Å². The van der Waals surface area contributed by atoms with Crippen LogP contribution in [0.1, 0.15) is 85.0 Å². The summed E-state index contributed by atoms with van der Waals surface area (Å²) in [5, 5.41) is 12.2. The zero-order valence-electron chi connectivity index (χ0n) is 29.3. The van der Waals surface area contributed by atoms with Crippen LogP contribution in [0.15, 0.2) is 35.3 Å². The summed E-state index contributed by atoms with van der Waals surface area (Å²) >= 11 is 0. The van der Waals surface area contributed by atoms with Crippen molar-refractivity contribution in [2.24, 2.45) is 17.8 Å². The van der Waals surface area contributed by atoms with Crippen LogP contribution in [0.25, 0.3) is 11.1 Å². The minimum absolute atomic E-state index is 0.00818. The number of halogens is 6. The molecule has 1 aliphatic carbocycles. The van der Waals surface area contributed by atoms with E-state index in [0.717, 1.165) is 48.3 Å². The molecule has 2 atom stereocenters. The third-order valence-corrected chi connectivity index (χ3v) is 9.76. The molecule has 1 saturated heterocycles. The molecule has 0 unspecified atom stereocenters. The van der Waals surface area contributed by atoms with Gasteiger partial charge in [0.05, 0.1) is 23.6 Å². The number of carbonyl (C=O) groups excluding carboxylic acids is 1. The van der Waals surface area contributed by atoms with Crippen molar-refractivity contribution in [2.75, 3.05) is 19.6 Å². The number of nitrogens with zero attached hydrogens (tertiary/aromatic N) is 2. The maximum absolute atomic E-state index is 16.5. The molecule has 2 aromatic carbocycles. The van der Waals surface area contributed by atoms with Crippen molar-refractivity contribution in [3.05, 3.63) is 91.6 Å². The molecule has 1 aliphatic heterocycles. The van der Waals surface area contributed by atoms with Gasteiger partial charge in [0, 0.05) is 43.0 Å². The lowest BCUT2D eigenvalue weighted by atomic mass is 9.89. The van der Waals surface area contributed by atoms with Gasteiger partial charge in [-0.25, -0.2) is 13.2 Å². The van der Waals surface area contributed by atoms with E-state index in [1.807, 2.05) is 0 Å². The van der Waals surface area contributed by atoms with Crippen LogP contribution >= 0.6 is 0 Å². The number of hydrogen-bond acceptors (Lipinski definition) is 4. The number of rotatable bonds is 13. The number of aryl methyl sites for hydroxylation is 2. The molecule has 13 heteroatoms. The molecule has 2 aliphatic rings. The Morgan fingerprint density at radius 2 is 1.65 bits per heavy atom. The van der Waals surface area contributed by atoms with Crippen molar-refractivity contribution >= 4 is 11.9 Å². The van der Waals surface area contributed by atoms with E-state index in [2.05, 4.69) is 16.1 Å². The van der Waals surface area contributed by atoms with Crippen LogP contribution in [0, 0.1) is 61.4 Å². The topological polar surface area (TPSA) is 91.6 Å². The number of aromatic nitrogens is 1. The molecule has 2 heterocycles. The van der Waals surface area contributed by atoms with Crippen molar-refractivity contribution in [3.63, 3.8) is 0 Å². The molecule has 0 spiro atoms. The van der Waals surface area contributed by atoms with E-state index in [9.17, 15) is 37.1 Å². The molecule has 2 N–H and O–H groups in total. The summed E-state index contributed by atoms with van der Waals surface area (Å²) in [5.41, 5.74) is -3.21. The first-order valence-electron chi connectivity index (χ1n) is 17.2. The molecule has 3 aromatic rings. The number of nitrogens with one attached hydrogen (secondary N) is 1. The Balaban J connectivity index is 1.55. The second-order valence-electron chi connectivity index (χ2n) is 14.6. The van der Waals surface area contributed by atoms with E-state index in [-0.39, 0.29) is 52.5 Å². The molecule has 1 saturated carbocycles. The Labute approximate surface area is 298 Å². The van der Waals surface area contributed by atoms with Gasteiger partial charge in [0.25, 0.3) is 5.56 Å². The second kappa shape index (κ2) is 15.2. The Kier molecular flexibility index (Phi) is 11.3. The fraction of sp³-hybridized carbons (Fsp3) is 0.462. The van der Waals surface area contributed by atoms with Crippen LogP contribution in [0.4, 0.5) is 26.3 Å². The van der Waals surface area contributed by atoms with Crippen LogP contribution in [0.3, 0.4) is 0 Å². The Bertz CT molecular complexity index is 1950. The normalized spacial score (nSPS) is 16.3. The summed E-state index contributed by atoms with van der Waals surface area (Å²) in [5.74, 6) is -3.40. The summed E-state index contributed by atoms with van der Waals surface area (Å²) in [6, 6.07) is 0.433. The molecule has 52 heavy (non-hydrogen) atoms. The summed E-state index contributed by atoms with van der Waals surface area (Å²) in [6.07, 6.45) is 2.93. The van der Waals surface area contributed by atoms with E-state index in [1.54, 1.807) is 13.8 Å². The van der Waals surface area contributed by atoms with Gasteiger partial charge in [0.15, 0.2) is 0 Å². The highest BCUT2D eigenvalue weighted by Gasteiger charge is 2.39. The van der Waals surface area contributed by atoms with E-state index >= 15 is 8.78 Å². The van der Waals surface area contributed by atoms with E-state index in [0.29, 0.717) is 25.1 Å². The number of pyridine rings is 1. The van der Waals surface area contributed by atoms with Crippen LogP contribution in [-0.2, 0) is 22.2 Å². The third kappa shape index (κ3) is 8.55. The minimum atomic E-state index is -4.84. The Morgan fingerprint density at radius 3 is 2.19 bits per heavy atom. The zero-order chi connectivity index (χ0) is 38.2. The Morgan fingerprint density at radius 1 is 1.02 bits per heavy atom. The third-order valence-electron chi connectivity index (χ3n) is 9.76. The largest absolute Gasteiger partial charge is 0.481 e. The monoisotopic (exact) mass is 729 g/mol. The summed E-state index contributed by atoms with van der Waals surface area (Å²) < 4.78 is 90.1. The van der Waals surface area contributed by atoms with Crippen molar-refractivity contribution in [3.8, 4) is 23.5 Å². The first-order chi connectivity index (χ1) is 24.4. The molecule has 7 nitrogen and oxygen atoms in total. The standard InChI is InChI=1S/C39H41F6N3O4/c1-6-25-13-28(34-21(4)10-27(40)11-22(34)5)37(42)35(36(25)41)30(15-33(50)51)46-38(52)31(9-20(2)3)48-19-26(29(14-32(48)49)39(43,44)45)12-24-17-47(18-24)16-23-7-8-23/h1,10-11,13-14,19-20,23-24,30-31H,7-9,12,15-18H2,2-5H3,(H,46,52)(H,50,51)/t30-,31-/m1/s1. The highest BCUT2D eigenvalue weighted by atomic mass is 19.4. The highest BCUT2D eigenvalue weighted by Crippen LogP contribution is 2.39. The lowest BCUT2D eigenvalue weighted by Gasteiger charge is -2.40. The average molecular weight is 730 g/mol. The number of terminal acetylenes is 1. The number of carboxylic acids is 1. The average Bonchev–Trinajstić information content (AvgIpc) is 3.83. The van der Waals surface area contributed by atoms with Gasteiger partial charge in [0.2, 0.25) is 5.91 Å². The molecule has 278 valence electrons. The predicted octanol–water partition coefficient (Wildman–Crippen LogP) is 7.35. The van der Waals surface area contributed by atoms with Crippen LogP contribution in [-0.4, -0.2) is 46.1 Å². The second-order valence-corrected chi connectivity index (χ2v) is 14.6. The number of amides is 1. The molecule has 5 rings (SSSR count). The number of carbonyl (C=O) groups is 2. The maximum Gasteiger partial charge on any atom is 0.416 e. The summed E-state index contributed by atoms with van der Waals surface area (Å²) in [6.45, 7) is 8.53. The summed E-state index contributed by atoms with van der Waals surface area (Å²) in [7, 11) is 0. The van der Waals surface area contributed by atoms with Crippen molar-refractivity contribution in [2.45, 2.75) is 78.1 Å². The van der Waals surface area contributed by atoms with E-state index < -0.39 is 76.3 Å². The zero-order valence-corrected chi connectivity index (χ0v) is 29.3. The quantitative estimate of drug-likeness (QED) is 0.142. The van der Waals surface area contributed by atoms with Gasteiger partial charge in [-0.15, -0.1) is 6.42 Å². The fourth-order valence-electron chi connectivity index (χ4n) is 7.24. The molecule has 0 bridgehead atoms. The molecular formula is C39H41F6N3O4. The van der Waals surface area contributed by atoms with E-state index in [1.165, 1.54) is 13.8 Å². The number of likely N-dealkylation sites (tertiary alicyclic amines) is 1. The molecule has 2 fully saturated rings. The predicted molar refractivity (Wildman–Crippen MR) is 183 cm³/mol. The van der Waals surface area contributed by atoms with Gasteiger partial charge >= 0.3 is 12.1 Å². The smallest absolute Gasteiger partial charge is 0.416 e. The first-order valence-corrected chi connectivity index (χ1v) is 17.2. The van der Waals surface area contributed by atoms with Gasteiger partial charge in [-0.05, 0) is 97.7 Å². The van der Waals surface area contributed by atoms with Gasteiger partial charge in [-0.1, -0.05) is 19.8 Å². The van der Waals surface area contributed by atoms with Crippen molar-refractivity contribution < 1.29 is 41.0 Å². The van der Waals surface area contributed by atoms with Gasteiger partial charge in [0.1, 0.15) is 23.5 Å². The van der Waals surface area contributed by atoms with Crippen molar-refractivity contribution in [1.82, 2.24) is 14.8 Å². The van der Waals surface area contributed by atoms with Crippen LogP contribution < -0.4 is 10.9 Å². The Hall–Kier alpha value is -4.57. The molecular weight excluding hydrogens is 688 g/mol. The van der Waals surface area contributed by atoms with Crippen molar-refractivity contribution in [1.29, 1.82) is 0 Å². The number of alkyl halides is 3. The SMILES string of the molecule is C#Cc1cc(-c2c(C)cc(F)cc2C)c(F)c([C@@H](CC(=O)O)NC(=O)[C@@H](CC(C)C)n2cc(CC3CN(CC4CC4)C3)c(C(F)(F)F)cc2=O)c1F. The number of benzene rings is 2. The van der Waals surface area contributed by atoms with Gasteiger partial charge in [-0.3, -0.25) is 14.4 Å². The number of aliphatic carboxylic acids is 1. The fourth-order valence-corrected chi connectivity index (χ4v) is 7.24. The molecule has 1 amide bonds. The summed E-state index contributed by atoms with van der Waals surface area (Å²) in [4.78, 5) is 41.7. The lowest BCUT2D eigenvalue weighted by molar-refractivity contribution is -0.139.